The monoisotopic (exact) mass is 273 g/mol. The number of hydrogen-bond acceptors (Lipinski definition) is 1. The number of nitrogens with one attached hydrogen (secondary N) is 1. The highest BCUT2D eigenvalue weighted by molar-refractivity contribution is 5.50. The van der Waals surface area contributed by atoms with E-state index in [4.69, 9.17) is 0 Å². The highest BCUT2D eigenvalue weighted by Gasteiger charge is 2.27. The van der Waals surface area contributed by atoms with Gasteiger partial charge in [0, 0.05) is 6.04 Å². The Balaban J connectivity index is 2.48. The van der Waals surface area contributed by atoms with Gasteiger partial charge in [-0.3, -0.25) is 0 Å². The molecule has 1 fully saturated rings. The van der Waals surface area contributed by atoms with Crippen molar-refractivity contribution in [3.8, 4) is 0 Å². The predicted molar refractivity (Wildman–Crippen MR) is 88.5 cm³/mol. The van der Waals surface area contributed by atoms with Gasteiger partial charge in [0.05, 0.1) is 0 Å². The third-order valence-corrected chi connectivity index (χ3v) is 5.80. The van der Waals surface area contributed by atoms with Gasteiger partial charge in [0.2, 0.25) is 0 Å². The molecule has 1 atom stereocenters. The van der Waals surface area contributed by atoms with E-state index in [2.05, 4.69) is 47.0 Å². The quantitative estimate of drug-likeness (QED) is 0.810. The van der Waals surface area contributed by atoms with Crippen molar-refractivity contribution >= 4 is 0 Å². The van der Waals surface area contributed by atoms with Crippen molar-refractivity contribution in [3.63, 3.8) is 0 Å². The summed E-state index contributed by atoms with van der Waals surface area (Å²) in [5.74, 6) is 0.813. The fourth-order valence-corrected chi connectivity index (χ4v) is 4.08. The van der Waals surface area contributed by atoms with E-state index in [0.29, 0.717) is 6.04 Å². The first kappa shape index (κ1) is 15.6. The molecule has 1 unspecified atom stereocenters. The Morgan fingerprint density at radius 3 is 1.65 bits per heavy atom. The van der Waals surface area contributed by atoms with Gasteiger partial charge < -0.3 is 5.32 Å². The van der Waals surface area contributed by atoms with Crippen LogP contribution >= 0.6 is 0 Å². The molecule has 1 aliphatic carbocycles. The SMILES string of the molecule is CNC(c1c(C)c(C)c(C)c(C)c1C)C1CCCCC1. The highest BCUT2D eigenvalue weighted by Crippen LogP contribution is 2.39. The summed E-state index contributed by atoms with van der Waals surface area (Å²) in [6.07, 6.45) is 7.01. The van der Waals surface area contributed by atoms with Crippen LogP contribution in [0.3, 0.4) is 0 Å². The Labute approximate surface area is 125 Å². The first-order valence-corrected chi connectivity index (χ1v) is 8.23. The first-order valence-electron chi connectivity index (χ1n) is 8.23. The molecule has 1 saturated carbocycles. The average molecular weight is 273 g/mol. The summed E-state index contributed by atoms with van der Waals surface area (Å²) in [5, 5.41) is 3.64. The summed E-state index contributed by atoms with van der Waals surface area (Å²) in [5.41, 5.74) is 9.05. The molecule has 1 aromatic rings. The molecule has 1 aromatic carbocycles. The van der Waals surface area contributed by atoms with Gasteiger partial charge in [-0.05, 0) is 93.8 Å². The highest BCUT2D eigenvalue weighted by atomic mass is 14.9. The lowest BCUT2D eigenvalue weighted by Gasteiger charge is -2.34. The second-order valence-corrected chi connectivity index (χ2v) is 6.70. The van der Waals surface area contributed by atoms with Crippen molar-refractivity contribution in [2.75, 3.05) is 7.05 Å². The molecule has 0 heterocycles. The van der Waals surface area contributed by atoms with E-state index in [1.165, 1.54) is 59.9 Å². The summed E-state index contributed by atoms with van der Waals surface area (Å²) < 4.78 is 0. The fourth-order valence-electron chi connectivity index (χ4n) is 4.08. The maximum atomic E-state index is 3.64. The Kier molecular flexibility index (Phi) is 4.90. The van der Waals surface area contributed by atoms with Gasteiger partial charge in [-0.15, -0.1) is 0 Å². The molecule has 20 heavy (non-hydrogen) atoms. The molecule has 0 radical (unpaired) electrons. The van der Waals surface area contributed by atoms with Gasteiger partial charge in [0.25, 0.3) is 0 Å². The lowest BCUT2D eigenvalue weighted by Crippen LogP contribution is -2.29. The zero-order valence-corrected chi connectivity index (χ0v) is 14.2. The Bertz CT molecular complexity index is 452. The molecule has 0 aromatic heterocycles. The summed E-state index contributed by atoms with van der Waals surface area (Å²) in [6, 6.07) is 0.535. The zero-order chi connectivity index (χ0) is 14.9. The maximum absolute atomic E-state index is 3.64. The van der Waals surface area contributed by atoms with Gasteiger partial charge in [0.1, 0.15) is 0 Å². The minimum absolute atomic E-state index is 0.535. The van der Waals surface area contributed by atoms with Gasteiger partial charge in [-0.2, -0.15) is 0 Å². The van der Waals surface area contributed by atoms with Crippen LogP contribution in [0.5, 0.6) is 0 Å². The van der Waals surface area contributed by atoms with Crippen LogP contribution in [0.4, 0.5) is 0 Å². The van der Waals surface area contributed by atoms with Crippen LogP contribution in [0, 0.1) is 40.5 Å². The van der Waals surface area contributed by atoms with E-state index in [-0.39, 0.29) is 0 Å². The van der Waals surface area contributed by atoms with Crippen LogP contribution < -0.4 is 5.32 Å². The summed E-state index contributed by atoms with van der Waals surface area (Å²) in [4.78, 5) is 0. The molecule has 112 valence electrons. The second-order valence-electron chi connectivity index (χ2n) is 6.70. The molecule has 1 aliphatic rings. The number of benzene rings is 1. The van der Waals surface area contributed by atoms with E-state index in [0.717, 1.165) is 5.92 Å². The summed E-state index contributed by atoms with van der Waals surface area (Å²) >= 11 is 0. The Morgan fingerprint density at radius 2 is 1.20 bits per heavy atom. The van der Waals surface area contributed by atoms with Crippen molar-refractivity contribution in [2.45, 2.75) is 72.8 Å². The normalized spacial score (nSPS) is 18.3. The molecular formula is C19H31N. The molecule has 0 amide bonds. The van der Waals surface area contributed by atoms with E-state index < -0.39 is 0 Å². The Morgan fingerprint density at radius 1 is 0.750 bits per heavy atom. The van der Waals surface area contributed by atoms with E-state index in [1.54, 1.807) is 5.56 Å². The molecule has 1 N–H and O–H groups in total. The molecule has 0 saturated heterocycles. The minimum Gasteiger partial charge on any atom is -0.313 e. The minimum atomic E-state index is 0.535. The molecule has 1 heteroatoms. The van der Waals surface area contributed by atoms with Crippen LogP contribution in [-0.2, 0) is 0 Å². The fraction of sp³-hybridized carbons (Fsp3) is 0.684. The van der Waals surface area contributed by atoms with Crippen molar-refractivity contribution in [2.24, 2.45) is 5.92 Å². The smallest absolute Gasteiger partial charge is 0.0351 e. The topological polar surface area (TPSA) is 12.0 Å². The number of hydrogen-bond donors (Lipinski definition) is 1. The lowest BCUT2D eigenvalue weighted by atomic mass is 9.77. The standard InChI is InChI=1S/C19H31N/c1-12-13(2)15(4)18(16(5)14(12)3)19(20-6)17-10-8-7-9-11-17/h17,19-20H,7-11H2,1-6H3. The third-order valence-electron chi connectivity index (χ3n) is 5.80. The molecule has 1 nitrogen and oxygen atoms in total. The van der Waals surface area contributed by atoms with Crippen molar-refractivity contribution in [3.05, 3.63) is 33.4 Å². The molecule has 0 spiro atoms. The van der Waals surface area contributed by atoms with Crippen LogP contribution in [0.25, 0.3) is 0 Å². The molecule has 0 bridgehead atoms. The van der Waals surface area contributed by atoms with E-state index in [1.807, 2.05) is 0 Å². The van der Waals surface area contributed by atoms with Crippen molar-refractivity contribution in [1.29, 1.82) is 0 Å². The predicted octanol–water partition coefficient (Wildman–Crippen LogP) is 5.07. The van der Waals surface area contributed by atoms with Crippen molar-refractivity contribution < 1.29 is 0 Å². The molecule has 0 aliphatic heterocycles. The van der Waals surface area contributed by atoms with Gasteiger partial charge in [-0.25, -0.2) is 0 Å². The summed E-state index contributed by atoms with van der Waals surface area (Å²) in [6.45, 7) is 11.5. The largest absolute Gasteiger partial charge is 0.313 e. The average Bonchev–Trinajstić information content (AvgIpc) is 2.48. The molecule has 2 rings (SSSR count). The van der Waals surface area contributed by atoms with E-state index >= 15 is 0 Å². The van der Waals surface area contributed by atoms with Gasteiger partial charge in [0.15, 0.2) is 0 Å². The second kappa shape index (κ2) is 6.30. The zero-order valence-electron chi connectivity index (χ0n) is 14.2. The van der Waals surface area contributed by atoms with Crippen LogP contribution in [0.15, 0.2) is 0 Å². The van der Waals surface area contributed by atoms with Gasteiger partial charge in [-0.1, -0.05) is 19.3 Å². The summed E-state index contributed by atoms with van der Waals surface area (Å²) in [7, 11) is 2.14. The lowest BCUT2D eigenvalue weighted by molar-refractivity contribution is 0.280. The maximum Gasteiger partial charge on any atom is 0.0351 e. The Hall–Kier alpha value is -0.820. The first-order chi connectivity index (χ1) is 9.49. The van der Waals surface area contributed by atoms with Gasteiger partial charge >= 0.3 is 0 Å². The number of rotatable bonds is 3. The van der Waals surface area contributed by atoms with Crippen molar-refractivity contribution in [1.82, 2.24) is 5.32 Å². The van der Waals surface area contributed by atoms with E-state index in [9.17, 15) is 0 Å². The molecular weight excluding hydrogens is 242 g/mol. The van der Waals surface area contributed by atoms with Crippen LogP contribution in [0.2, 0.25) is 0 Å². The van der Waals surface area contributed by atoms with Crippen LogP contribution in [-0.4, -0.2) is 7.05 Å². The van der Waals surface area contributed by atoms with Crippen LogP contribution in [0.1, 0.15) is 71.5 Å². The third kappa shape index (κ3) is 2.65.